The van der Waals surface area contributed by atoms with E-state index in [0.29, 0.717) is 32.1 Å². The first-order valence-corrected chi connectivity index (χ1v) is 24.4. The Bertz CT molecular complexity index is 1940. The van der Waals surface area contributed by atoms with Gasteiger partial charge in [0.15, 0.2) is 25.0 Å². The minimum Gasteiger partial charge on any atom is -0.458 e. The van der Waals surface area contributed by atoms with Crippen LogP contribution in [0.4, 0.5) is 0 Å². The molecule has 67 heavy (non-hydrogen) atoms. The molecule has 0 aromatic rings. The van der Waals surface area contributed by atoms with Gasteiger partial charge in [-0.15, -0.1) is 0 Å². The van der Waals surface area contributed by atoms with E-state index in [4.69, 9.17) is 58.4 Å². The van der Waals surface area contributed by atoms with Gasteiger partial charge in [0.05, 0.1) is 30.9 Å². The summed E-state index contributed by atoms with van der Waals surface area (Å²) in [6.45, 7) is 8.32. The van der Waals surface area contributed by atoms with Gasteiger partial charge in [-0.05, 0) is 103 Å². The topological polar surface area (TPSA) is 375 Å². The lowest BCUT2D eigenvalue weighted by atomic mass is 9.46. The number of hydrogen-bond acceptors (Lipinski definition) is 20. The third-order valence-electron chi connectivity index (χ3n) is 15.8. The molecule has 6 fully saturated rings. The maximum Gasteiger partial charge on any atom is 0.394 e. The number of hydrogen-bond donors (Lipinski definition) is 12. The fraction of sp³-hybridized carbons (Fsp3) is 0.841. The highest BCUT2D eigenvalue weighted by atomic mass is 32.3. The number of rotatable bonds is 10. The van der Waals surface area contributed by atoms with Crippen LogP contribution in [-0.2, 0) is 48.5 Å². The van der Waals surface area contributed by atoms with Crippen LogP contribution in [0.1, 0.15) is 86.0 Å². The molecule has 23 heteroatoms. The lowest BCUT2D eigenvalue weighted by Gasteiger charge is -2.59. The predicted octanol–water partition coefficient (Wildman–Crippen LogP) is -1.85. The molecule has 0 bridgehead atoms. The highest BCUT2D eigenvalue weighted by Gasteiger charge is 2.68. The lowest BCUT2D eigenvalue weighted by molar-refractivity contribution is -0.307. The van der Waals surface area contributed by atoms with Gasteiger partial charge in [0.25, 0.3) is 0 Å². The average molecular weight is 978 g/mol. The summed E-state index contributed by atoms with van der Waals surface area (Å²) in [6, 6.07) is -2.11. The highest BCUT2D eigenvalue weighted by Crippen LogP contribution is 2.67. The van der Waals surface area contributed by atoms with Crippen molar-refractivity contribution in [2.45, 2.75) is 177 Å². The third-order valence-corrected chi connectivity index (χ3v) is 15.8. The van der Waals surface area contributed by atoms with Gasteiger partial charge in [-0.1, -0.05) is 25.5 Å². The molecule has 2 aliphatic heterocycles. The molecule has 0 radical (unpaired) electrons. The summed E-state index contributed by atoms with van der Waals surface area (Å²) in [4.78, 5) is 35.9. The van der Waals surface area contributed by atoms with E-state index in [1.165, 1.54) is 6.92 Å². The van der Waals surface area contributed by atoms with E-state index in [2.05, 4.69) is 17.6 Å². The Morgan fingerprint density at radius 1 is 0.940 bits per heavy atom. The van der Waals surface area contributed by atoms with Gasteiger partial charge in [0.1, 0.15) is 35.6 Å². The molecule has 7 aliphatic rings. The molecule has 5 aliphatic carbocycles. The smallest absolute Gasteiger partial charge is 0.394 e. The van der Waals surface area contributed by atoms with E-state index in [1.807, 2.05) is 27.0 Å². The molecular formula is C44H75N5O17S. The summed E-state index contributed by atoms with van der Waals surface area (Å²) in [6.07, 6.45) is 3.28. The number of Topliss-reactive ketones (excluding diaryl/α,β-unsaturated/α-hetero) is 1. The summed E-state index contributed by atoms with van der Waals surface area (Å²) in [5, 5.41) is 61.0. The van der Waals surface area contributed by atoms with Gasteiger partial charge < -0.3 is 77.1 Å². The molecule has 4 saturated carbocycles. The molecule has 15 N–H and O–H groups in total. The molecule has 0 aromatic carbocycles. The van der Waals surface area contributed by atoms with Gasteiger partial charge in [-0.3, -0.25) is 23.5 Å². The maximum absolute atomic E-state index is 12.9. The van der Waals surface area contributed by atoms with Crippen molar-refractivity contribution < 1.29 is 81.1 Å². The van der Waals surface area contributed by atoms with Crippen molar-refractivity contribution in [1.82, 2.24) is 10.6 Å². The van der Waals surface area contributed by atoms with Crippen LogP contribution >= 0.6 is 0 Å². The third kappa shape index (κ3) is 11.9. The van der Waals surface area contributed by atoms with Gasteiger partial charge >= 0.3 is 16.4 Å². The molecule has 2 saturated heterocycles. The van der Waals surface area contributed by atoms with E-state index in [-0.39, 0.29) is 53.7 Å². The van der Waals surface area contributed by atoms with Crippen molar-refractivity contribution >= 4 is 27.9 Å². The minimum atomic E-state index is -4.67. The normalized spacial score (nSPS) is 45.4. The Morgan fingerprint density at radius 3 is 2.13 bits per heavy atom. The van der Waals surface area contributed by atoms with Crippen molar-refractivity contribution in [3.8, 4) is 0 Å². The maximum atomic E-state index is 12.9. The fourth-order valence-corrected chi connectivity index (χ4v) is 12.1. The van der Waals surface area contributed by atoms with E-state index in [9.17, 15) is 39.9 Å². The van der Waals surface area contributed by atoms with E-state index in [1.54, 1.807) is 26.1 Å². The Morgan fingerprint density at radius 2 is 1.55 bits per heavy atom. The summed E-state index contributed by atoms with van der Waals surface area (Å²) in [5.41, 5.74) is 15.8. The SMILES string of the molecule is CC(=O)OCC(=O)[C@@]1(O)CC[C@H]2[C@@H]3CCC4=CC(=O)C=C[C@]4(C)[C@H]3[C@@H](O)C[C@@]21C.CNC(C)C1CCC(N)C(OC2C(N)CC(N)C(OC3OCC(C)(O)C(NC)C3O)C2O)O1.O=S(=O)(O)O. The summed E-state index contributed by atoms with van der Waals surface area (Å²) >= 11 is 0. The molecule has 22 nitrogen and oxygen atoms in total. The molecular weight excluding hydrogens is 903 g/mol. The number of aliphatic hydroxyl groups is 5. The van der Waals surface area contributed by atoms with Crippen LogP contribution in [0.25, 0.3) is 0 Å². The van der Waals surface area contributed by atoms with E-state index < -0.39 is 107 Å². The number of allylic oxidation sites excluding steroid dienone is 4. The Hall–Kier alpha value is -2.40. The number of aliphatic hydroxyl groups excluding tert-OH is 3. The Kier molecular flexibility index (Phi) is 17.8. The van der Waals surface area contributed by atoms with Crippen molar-refractivity contribution in [3.05, 3.63) is 23.8 Å². The van der Waals surface area contributed by atoms with E-state index >= 15 is 0 Å². The highest BCUT2D eigenvalue weighted by molar-refractivity contribution is 7.79. The Labute approximate surface area is 392 Å². The van der Waals surface area contributed by atoms with Gasteiger partial charge in [-0.2, -0.15) is 8.42 Å². The quantitative estimate of drug-likeness (QED) is 0.0844. The first kappa shape index (κ1) is 55.5. The van der Waals surface area contributed by atoms with E-state index in [0.717, 1.165) is 24.8 Å². The number of ketones is 2. The molecule has 0 spiro atoms. The van der Waals surface area contributed by atoms with Crippen LogP contribution < -0.4 is 27.8 Å². The molecule has 7 rings (SSSR count). The van der Waals surface area contributed by atoms with Crippen LogP contribution in [0, 0.1) is 28.6 Å². The summed E-state index contributed by atoms with van der Waals surface area (Å²) in [7, 11) is -1.17. The van der Waals surface area contributed by atoms with Crippen molar-refractivity contribution in [3.63, 3.8) is 0 Å². The Balaban J connectivity index is 0.000000229. The monoisotopic (exact) mass is 977 g/mol. The second-order valence-electron chi connectivity index (χ2n) is 20.2. The number of nitrogens with two attached hydrogens (primary N) is 3. The zero-order chi connectivity index (χ0) is 50.2. The molecule has 20 atom stereocenters. The minimum absolute atomic E-state index is 0.00243. The van der Waals surface area contributed by atoms with Crippen LogP contribution in [0.2, 0.25) is 0 Å². The van der Waals surface area contributed by atoms with Crippen molar-refractivity contribution in [1.29, 1.82) is 0 Å². The largest absolute Gasteiger partial charge is 0.458 e. The molecule has 384 valence electrons. The van der Waals surface area contributed by atoms with Crippen molar-refractivity contribution in [2.75, 3.05) is 27.3 Å². The first-order valence-electron chi connectivity index (χ1n) is 23.0. The molecule has 0 amide bonds. The standard InChI is InChI=1S/C23H30O6.C21H43N5O7.H2O4S/c1-13(24)29-12-19(27)23(28)9-7-17-16-5-4-14-10-15(25)6-8-21(14,2)20(16)18(26)11-22(17,23)3;1-9(25-3)13-6-5-10(22)19(31-13)32-16-11(23)7-12(24)17(14(16)27)33-20-15(28)18(26-4)21(2,29)8-30-20;1-5(2,3)4/h6,8,10,16-18,20,26,28H,4-5,7,9,11-12H2,1-3H3;9-20,25-29H,5-8,22-24H2,1-4H3;(H2,1,2,3,4)/t16-,17-,18-,20+,21-,22-,23-;;/m0../s1. The number of nitrogens with one attached hydrogen (secondary N) is 2. The zero-order valence-corrected chi connectivity index (χ0v) is 40.2. The number of ether oxygens (including phenoxy) is 5. The van der Waals surface area contributed by atoms with Gasteiger partial charge in [-0.25, -0.2) is 0 Å². The fourth-order valence-electron chi connectivity index (χ4n) is 12.1. The van der Waals surface area contributed by atoms with Crippen LogP contribution in [-0.4, -0.2) is 179 Å². The molecule has 2 heterocycles. The number of fused-ring (bicyclic) bond motifs is 5. The second kappa shape index (κ2) is 21.5. The lowest BCUT2D eigenvalue weighted by Crippen LogP contribution is -2.68. The molecule has 13 unspecified atom stereocenters. The number of esters is 1. The van der Waals surface area contributed by atoms with Crippen LogP contribution in [0.3, 0.4) is 0 Å². The van der Waals surface area contributed by atoms with Crippen LogP contribution in [0.5, 0.6) is 0 Å². The van der Waals surface area contributed by atoms with Gasteiger partial charge in [0, 0.05) is 41.8 Å². The molecule has 0 aromatic heterocycles. The second-order valence-corrected chi connectivity index (χ2v) is 21.1. The van der Waals surface area contributed by atoms with Crippen molar-refractivity contribution in [2.24, 2.45) is 45.8 Å². The van der Waals surface area contributed by atoms with Gasteiger partial charge in [0.2, 0.25) is 5.78 Å². The number of likely N-dealkylation sites (N-methyl/N-ethyl adjacent to an activating group) is 2. The summed E-state index contributed by atoms with van der Waals surface area (Å²) < 4.78 is 60.2. The van der Waals surface area contributed by atoms with Crippen LogP contribution in [0.15, 0.2) is 23.8 Å². The summed E-state index contributed by atoms with van der Waals surface area (Å²) in [5.74, 6) is -0.836. The zero-order valence-electron chi connectivity index (χ0n) is 39.4. The average Bonchev–Trinajstić information content (AvgIpc) is 3.50. The first-order chi connectivity index (χ1) is 31.0. The predicted molar refractivity (Wildman–Crippen MR) is 239 cm³/mol. The number of carbonyl (C=O) groups excluding carboxylic acids is 3. The number of carbonyl (C=O) groups is 3.